The lowest BCUT2D eigenvalue weighted by atomic mass is 9.33. The Morgan fingerprint density at radius 1 is 0.886 bits per heavy atom. The average molecular weight is 607 g/mol. The maximum Gasteiger partial charge on any atom is 0.310 e. The summed E-state index contributed by atoms with van der Waals surface area (Å²) in [5.41, 5.74) is 2.10. The highest BCUT2D eigenvalue weighted by atomic mass is 19.1. The number of carbonyl (C=O) groups excluding carboxylic acids is 1. The van der Waals surface area contributed by atoms with Gasteiger partial charge < -0.3 is 9.84 Å². The van der Waals surface area contributed by atoms with Gasteiger partial charge in [-0.15, -0.1) is 0 Å². The summed E-state index contributed by atoms with van der Waals surface area (Å²) in [6.45, 7) is 16.9. The van der Waals surface area contributed by atoms with E-state index < -0.39 is 11.4 Å². The Morgan fingerprint density at radius 3 is 2.25 bits per heavy atom. The van der Waals surface area contributed by atoms with Crippen LogP contribution in [0.3, 0.4) is 0 Å². The number of fused-ring (bicyclic) bond motifs is 7. The Labute approximate surface area is 264 Å². The van der Waals surface area contributed by atoms with Gasteiger partial charge in [0.15, 0.2) is 0 Å². The Bertz CT molecular complexity index is 1340. The van der Waals surface area contributed by atoms with Crippen molar-refractivity contribution in [3.8, 4) is 0 Å². The van der Waals surface area contributed by atoms with E-state index in [2.05, 4.69) is 54.5 Å². The number of hydrogen-bond donors (Lipinski definition) is 1. The van der Waals surface area contributed by atoms with Gasteiger partial charge in [0.1, 0.15) is 11.9 Å². The van der Waals surface area contributed by atoms with Gasteiger partial charge in [-0.05, 0) is 128 Å². The number of aryl methyl sites for hydroxylation is 1. The lowest BCUT2D eigenvalue weighted by Crippen LogP contribution is -2.65. The van der Waals surface area contributed by atoms with Gasteiger partial charge in [-0.2, -0.15) is 0 Å². The summed E-state index contributed by atoms with van der Waals surface area (Å²) >= 11 is 0. The molecule has 4 fully saturated rings. The molecule has 8 atom stereocenters. The van der Waals surface area contributed by atoms with E-state index >= 15 is 0 Å². The molecule has 4 saturated carbocycles. The van der Waals surface area contributed by atoms with Crippen molar-refractivity contribution in [2.24, 2.45) is 50.2 Å². The number of esters is 1. The number of carbonyl (C=O) groups is 2. The number of allylic oxidation sites excluding steroid dienone is 2. The van der Waals surface area contributed by atoms with Gasteiger partial charge in [0.05, 0.1) is 5.41 Å². The molecule has 0 radical (unpaired) electrons. The largest absolute Gasteiger partial charge is 0.481 e. The number of benzene rings is 1. The molecule has 0 saturated heterocycles. The van der Waals surface area contributed by atoms with Crippen LogP contribution in [0.2, 0.25) is 0 Å². The van der Waals surface area contributed by atoms with Crippen LogP contribution >= 0.6 is 0 Å². The van der Waals surface area contributed by atoms with Crippen molar-refractivity contribution >= 4 is 11.9 Å². The van der Waals surface area contributed by atoms with Crippen LogP contribution in [0.25, 0.3) is 0 Å². The van der Waals surface area contributed by atoms with Crippen molar-refractivity contribution in [1.82, 2.24) is 0 Å². The highest BCUT2D eigenvalue weighted by Gasteiger charge is 2.69. The molecule has 4 nitrogen and oxygen atoms in total. The SMILES string of the molecule is CC1(C)CC[C@]2(C(=O)O)CC[C@]3(C)C(=CC[C@@H]4[C@@]5(C)CC[C@H](OC(=O)CCc6ccc(F)cc6)C(C)(C)C5CC[C@]43C)[C@@H]2C1. The highest BCUT2D eigenvalue weighted by molar-refractivity contribution is 5.76. The van der Waals surface area contributed by atoms with E-state index in [4.69, 9.17) is 4.74 Å². The number of carboxylic acid groups (broad SMARTS) is 1. The molecule has 1 aromatic carbocycles. The smallest absolute Gasteiger partial charge is 0.310 e. The van der Waals surface area contributed by atoms with E-state index in [1.54, 1.807) is 12.1 Å². The van der Waals surface area contributed by atoms with Crippen molar-refractivity contribution in [3.05, 3.63) is 47.3 Å². The van der Waals surface area contributed by atoms with Crippen LogP contribution in [-0.4, -0.2) is 23.1 Å². The molecule has 0 bridgehead atoms. The lowest BCUT2D eigenvalue weighted by Gasteiger charge is -2.71. The molecular formula is C39H55FO4. The van der Waals surface area contributed by atoms with E-state index in [9.17, 15) is 19.1 Å². The summed E-state index contributed by atoms with van der Waals surface area (Å²) in [5.74, 6) is 0.106. The first-order valence-electron chi connectivity index (χ1n) is 17.4. The second-order valence-electron chi connectivity index (χ2n) is 17.6. The number of halogens is 1. The number of carboxylic acids is 1. The number of ether oxygens (including phenoxy) is 1. The predicted octanol–water partition coefficient (Wildman–Crippen LogP) is 9.56. The van der Waals surface area contributed by atoms with Crippen LogP contribution in [-0.2, 0) is 20.7 Å². The predicted molar refractivity (Wildman–Crippen MR) is 171 cm³/mol. The molecule has 0 heterocycles. The van der Waals surface area contributed by atoms with Gasteiger partial charge in [0.2, 0.25) is 0 Å². The summed E-state index contributed by atoms with van der Waals surface area (Å²) in [6.07, 6.45) is 13.0. The van der Waals surface area contributed by atoms with E-state index in [0.29, 0.717) is 24.7 Å². The van der Waals surface area contributed by atoms with Gasteiger partial charge in [-0.25, -0.2) is 4.39 Å². The molecule has 242 valence electrons. The molecule has 0 aromatic heterocycles. The molecule has 6 rings (SSSR count). The van der Waals surface area contributed by atoms with Crippen molar-refractivity contribution in [1.29, 1.82) is 0 Å². The van der Waals surface area contributed by atoms with Crippen LogP contribution in [0.15, 0.2) is 35.9 Å². The molecule has 0 spiro atoms. The first-order valence-corrected chi connectivity index (χ1v) is 17.4. The Morgan fingerprint density at radius 2 is 1.57 bits per heavy atom. The summed E-state index contributed by atoms with van der Waals surface area (Å²) in [5, 5.41) is 10.6. The van der Waals surface area contributed by atoms with Gasteiger partial charge >= 0.3 is 11.9 Å². The van der Waals surface area contributed by atoms with E-state index in [1.165, 1.54) is 17.7 Å². The number of aliphatic carboxylic acids is 1. The normalized spacial score (nSPS) is 42.0. The molecule has 1 unspecified atom stereocenters. The Kier molecular flexibility index (Phi) is 7.53. The number of rotatable bonds is 5. The molecule has 44 heavy (non-hydrogen) atoms. The van der Waals surface area contributed by atoms with E-state index in [1.807, 2.05) is 0 Å². The average Bonchev–Trinajstić information content (AvgIpc) is 2.94. The zero-order valence-corrected chi connectivity index (χ0v) is 28.2. The minimum atomic E-state index is -0.605. The van der Waals surface area contributed by atoms with Crippen molar-refractivity contribution in [2.75, 3.05) is 0 Å². The molecule has 5 aliphatic rings. The monoisotopic (exact) mass is 606 g/mol. The first kappa shape index (κ1) is 31.8. The van der Waals surface area contributed by atoms with Crippen LogP contribution in [0.5, 0.6) is 0 Å². The third-order valence-corrected chi connectivity index (χ3v) is 14.8. The fourth-order valence-corrected chi connectivity index (χ4v) is 11.9. The van der Waals surface area contributed by atoms with E-state index in [-0.39, 0.29) is 50.9 Å². The van der Waals surface area contributed by atoms with Crippen molar-refractivity contribution in [2.45, 2.75) is 132 Å². The quantitative estimate of drug-likeness (QED) is 0.268. The fraction of sp³-hybridized carbons (Fsp3) is 0.744. The van der Waals surface area contributed by atoms with Gasteiger partial charge in [-0.3, -0.25) is 9.59 Å². The maximum atomic E-state index is 13.3. The second-order valence-corrected chi connectivity index (χ2v) is 17.6. The zero-order valence-electron chi connectivity index (χ0n) is 28.2. The molecule has 1 aromatic rings. The molecule has 5 aliphatic carbocycles. The molecule has 0 aliphatic heterocycles. The standard InChI is InChI=1S/C39H55FO4/c1-34(2)20-22-39(33(42)43)23-21-37(6)27(28(39)24-34)13-14-30-36(5)18-17-31(35(3,4)29(36)16-19-38(30,37)7)44-32(41)15-10-25-8-11-26(40)12-9-25/h8-9,11-13,28-31H,10,14-24H2,1-7H3,(H,42,43)/t28-,29?,30+,31-,36-,37+,38+,39-/m0/s1. The molecule has 5 heteroatoms. The van der Waals surface area contributed by atoms with Crippen LogP contribution in [0.1, 0.15) is 125 Å². The Balaban J connectivity index is 1.24. The lowest BCUT2D eigenvalue weighted by molar-refractivity contribution is -0.213. The minimum absolute atomic E-state index is 0.00867. The Hall–Kier alpha value is -2.17. The minimum Gasteiger partial charge on any atom is -0.481 e. The van der Waals surface area contributed by atoms with Crippen LogP contribution in [0, 0.1) is 56.1 Å². The third kappa shape index (κ3) is 4.63. The number of hydrogen-bond acceptors (Lipinski definition) is 3. The van der Waals surface area contributed by atoms with Crippen LogP contribution < -0.4 is 0 Å². The summed E-state index contributed by atoms with van der Waals surface area (Å²) in [6, 6.07) is 6.37. The summed E-state index contributed by atoms with van der Waals surface area (Å²) < 4.78 is 19.5. The zero-order chi connectivity index (χ0) is 31.9. The van der Waals surface area contributed by atoms with Gasteiger partial charge in [-0.1, -0.05) is 72.2 Å². The highest BCUT2D eigenvalue weighted by Crippen LogP contribution is 2.75. The van der Waals surface area contributed by atoms with E-state index in [0.717, 1.165) is 69.8 Å². The molecule has 1 N–H and O–H groups in total. The topological polar surface area (TPSA) is 63.6 Å². The first-order chi connectivity index (χ1) is 20.5. The maximum absolute atomic E-state index is 13.3. The second kappa shape index (κ2) is 10.4. The summed E-state index contributed by atoms with van der Waals surface area (Å²) in [7, 11) is 0. The third-order valence-electron chi connectivity index (χ3n) is 14.8. The summed E-state index contributed by atoms with van der Waals surface area (Å²) in [4.78, 5) is 26.0. The molecule has 0 amide bonds. The van der Waals surface area contributed by atoms with Gasteiger partial charge in [0, 0.05) is 11.8 Å². The van der Waals surface area contributed by atoms with Crippen LogP contribution in [0.4, 0.5) is 4.39 Å². The van der Waals surface area contributed by atoms with Gasteiger partial charge in [0.25, 0.3) is 0 Å². The van der Waals surface area contributed by atoms with Crippen molar-refractivity contribution < 1.29 is 23.8 Å². The fourth-order valence-electron chi connectivity index (χ4n) is 11.9. The van der Waals surface area contributed by atoms with Crippen molar-refractivity contribution in [3.63, 3.8) is 0 Å². The molecular weight excluding hydrogens is 551 g/mol.